The lowest BCUT2D eigenvalue weighted by atomic mass is 10.2. The molecule has 62 valence electrons. The maximum absolute atomic E-state index is 10.4. The molecule has 1 rings (SSSR count). The first-order chi connectivity index (χ1) is 5.33. The van der Waals surface area contributed by atoms with Gasteiger partial charge in [0.2, 0.25) is 0 Å². The molecule has 0 fully saturated rings. The Labute approximate surface area is 77.5 Å². The van der Waals surface area contributed by atoms with Crippen LogP contribution in [0.5, 0.6) is 0 Å². The number of H-pyrrole nitrogens is 1. The normalized spacial score (nSPS) is 10.3. The molecule has 0 bridgehead atoms. The average molecular weight is 268 g/mol. The Morgan fingerprint density at radius 3 is 2.91 bits per heavy atom. The van der Waals surface area contributed by atoms with Crippen LogP contribution in [-0.4, -0.2) is 14.6 Å². The second-order valence-corrected chi connectivity index (χ2v) is 3.27. The average Bonchev–Trinajstić information content (AvgIpc) is 2.37. The molecule has 1 aromatic heterocycles. The maximum atomic E-state index is 10.4. The molecule has 4 nitrogen and oxygen atoms in total. The van der Waals surface area contributed by atoms with Gasteiger partial charge in [-0.05, 0) is 17.3 Å². The van der Waals surface area contributed by atoms with E-state index < -0.39 is 5.76 Å². The second kappa shape index (κ2) is 4.53. The van der Waals surface area contributed by atoms with Gasteiger partial charge >= 0.3 is 5.76 Å². The first-order valence-electron chi connectivity index (χ1n) is 3.44. The number of hydrogen-bond donors (Lipinski definition) is 1. The molecule has 11 heavy (non-hydrogen) atoms. The van der Waals surface area contributed by atoms with Gasteiger partial charge in [-0.2, -0.15) is 0 Å². The summed E-state index contributed by atoms with van der Waals surface area (Å²) in [5.41, 5.74) is 0. The topological polar surface area (TPSA) is 58.9 Å². The van der Waals surface area contributed by atoms with E-state index in [1.54, 1.807) is 0 Å². The fourth-order valence-corrected chi connectivity index (χ4v) is 1.29. The standard InChI is InChI=1S/C6H9IN2O2/c7-4-2-1-3-5-8-6(10)11-9-5/h1-4H2,(H,8,9,10). The van der Waals surface area contributed by atoms with E-state index in [1.165, 1.54) is 0 Å². The monoisotopic (exact) mass is 268 g/mol. The smallest absolute Gasteiger partial charge is 0.296 e. The number of nitrogens with one attached hydrogen (secondary N) is 1. The van der Waals surface area contributed by atoms with Crippen LogP contribution in [0.15, 0.2) is 9.32 Å². The Morgan fingerprint density at radius 2 is 2.36 bits per heavy atom. The third kappa shape index (κ3) is 3.04. The van der Waals surface area contributed by atoms with Crippen LogP contribution >= 0.6 is 22.6 Å². The Kier molecular flexibility index (Phi) is 3.61. The lowest BCUT2D eigenvalue weighted by Gasteiger charge is -1.90. The van der Waals surface area contributed by atoms with Crippen molar-refractivity contribution in [3.8, 4) is 0 Å². The van der Waals surface area contributed by atoms with E-state index in [0.717, 1.165) is 23.7 Å². The zero-order chi connectivity index (χ0) is 8.10. The summed E-state index contributed by atoms with van der Waals surface area (Å²) in [7, 11) is 0. The van der Waals surface area contributed by atoms with Gasteiger partial charge in [0.1, 0.15) is 0 Å². The number of alkyl halides is 1. The molecule has 0 aliphatic carbocycles. The number of rotatable bonds is 4. The predicted octanol–water partition coefficient (Wildman–Crippen LogP) is 1.12. The van der Waals surface area contributed by atoms with Crippen molar-refractivity contribution in [1.82, 2.24) is 10.1 Å². The summed E-state index contributed by atoms with van der Waals surface area (Å²) in [4.78, 5) is 12.9. The van der Waals surface area contributed by atoms with Crippen LogP contribution in [-0.2, 0) is 6.42 Å². The van der Waals surface area contributed by atoms with E-state index in [9.17, 15) is 4.79 Å². The molecule has 0 saturated carbocycles. The molecular formula is C6H9IN2O2. The van der Waals surface area contributed by atoms with Crippen molar-refractivity contribution in [2.75, 3.05) is 4.43 Å². The lowest BCUT2D eigenvalue weighted by molar-refractivity contribution is 0.380. The molecule has 0 aliphatic heterocycles. The number of hydrogen-bond acceptors (Lipinski definition) is 3. The maximum Gasteiger partial charge on any atom is 0.438 e. The zero-order valence-corrected chi connectivity index (χ0v) is 8.13. The van der Waals surface area contributed by atoms with E-state index in [2.05, 4.69) is 37.3 Å². The molecule has 0 amide bonds. The third-order valence-electron chi connectivity index (χ3n) is 1.28. The minimum Gasteiger partial charge on any atom is -0.296 e. The number of aryl methyl sites for hydroxylation is 1. The Balaban J connectivity index is 2.33. The van der Waals surface area contributed by atoms with Crippen LogP contribution in [0, 0.1) is 0 Å². The van der Waals surface area contributed by atoms with E-state index in [-0.39, 0.29) is 0 Å². The molecule has 0 saturated heterocycles. The Hall–Kier alpha value is -0.330. The molecule has 5 heteroatoms. The molecule has 1 heterocycles. The number of aromatic amines is 1. The van der Waals surface area contributed by atoms with Crippen LogP contribution in [0.1, 0.15) is 18.7 Å². The third-order valence-corrected chi connectivity index (χ3v) is 2.05. The van der Waals surface area contributed by atoms with Crippen LogP contribution in [0.25, 0.3) is 0 Å². The number of aromatic nitrogens is 2. The van der Waals surface area contributed by atoms with Crippen molar-refractivity contribution in [3.63, 3.8) is 0 Å². The predicted molar refractivity (Wildman–Crippen MR) is 48.9 cm³/mol. The fourth-order valence-electron chi connectivity index (χ4n) is 0.755. The Morgan fingerprint density at radius 1 is 1.55 bits per heavy atom. The molecule has 0 spiro atoms. The number of nitrogens with zero attached hydrogens (tertiary/aromatic N) is 1. The minimum atomic E-state index is -0.463. The highest BCUT2D eigenvalue weighted by Crippen LogP contribution is 1.99. The van der Waals surface area contributed by atoms with E-state index >= 15 is 0 Å². The summed E-state index contributed by atoms with van der Waals surface area (Å²) in [6.07, 6.45) is 3.00. The lowest BCUT2D eigenvalue weighted by Crippen LogP contribution is -1.97. The van der Waals surface area contributed by atoms with Crippen molar-refractivity contribution in [3.05, 3.63) is 16.4 Å². The van der Waals surface area contributed by atoms with Crippen molar-refractivity contribution < 1.29 is 4.52 Å². The quantitative estimate of drug-likeness (QED) is 0.505. The summed E-state index contributed by atoms with van der Waals surface area (Å²) in [6, 6.07) is 0. The van der Waals surface area contributed by atoms with Crippen molar-refractivity contribution in [1.29, 1.82) is 0 Å². The van der Waals surface area contributed by atoms with Gasteiger partial charge in [-0.25, -0.2) is 4.79 Å². The summed E-state index contributed by atoms with van der Waals surface area (Å²) in [5, 5.41) is 3.54. The number of unbranched alkanes of at least 4 members (excludes halogenated alkanes) is 1. The van der Waals surface area contributed by atoms with Crippen LogP contribution < -0.4 is 5.76 Å². The molecule has 0 unspecified atom stereocenters. The summed E-state index contributed by atoms with van der Waals surface area (Å²) in [5.74, 6) is 0.189. The molecule has 0 aromatic carbocycles. The van der Waals surface area contributed by atoms with Gasteiger partial charge in [0.05, 0.1) is 0 Å². The molecule has 0 aliphatic rings. The highest BCUT2D eigenvalue weighted by molar-refractivity contribution is 14.1. The molecule has 1 aromatic rings. The second-order valence-electron chi connectivity index (χ2n) is 2.19. The summed E-state index contributed by atoms with van der Waals surface area (Å²) < 4.78 is 5.47. The first-order valence-corrected chi connectivity index (χ1v) is 4.96. The first kappa shape index (κ1) is 8.76. The largest absolute Gasteiger partial charge is 0.438 e. The Bertz CT molecular complexity index is 255. The van der Waals surface area contributed by atoms with Gasteiger partial charge in [0.15, 0.2) is 5.82 Å². The SMILES string of the molecule is O=c1[nH]c(CCCCI)no1. The fraction of sp³-hybridized carbons (Fsp3) is 0.667. The van der Waals surface area contributed by atoms with Crippen molar-refractivity contribution in [2.24, 2.45) is 0 Å². The van der Waals surface area contributed by atoms with E-state index in [1.807, 2.05) is 0 Å². The highest BCUT2D eigenvalue weighted by atomic mass is 127. The molecule has 0 radical (unpaired) electrons. The van der Waals surface area contributed by atoms with E-state index in [4.69, 9.17) is 0 Å². The van der Waals surface area contributed by atoms with Gasteiger partial charge in [0, 0.05) is 6.42 Å². The van der Waals surface area contributed by atoms with Gasteiger partial charge in [0.25, 0.3) is 0 Å². The molecule has 0 atom stereocenters. The zero-order valence-electron chi connectivity index (χ0n) is 5.97. The van der Waals surface area contributed by atoms with Gasteiger partial charge < -0.3 is 0 Å². The van der Waals surface area contributed by atoms with E-state index in [0.29, 0.717) is 5.82 Å². The molecular weight excluding hydrogens is 259 g/mol. The van der Waals surface area contributed by atoms with Crippen LogP contribution in [0.3, 0.4) is 0 Å². The number of halogens is 1. The van der Waals surface area contributed by atoms with Gasteiger partial charge in [-0.15, -0.1) is 0 Å². The summed E-state index contributed by atoms with van der Waals surface area (Å²) >= 11 is 2.32. The van der Waals surface area contributed by atoms with Crippen LogP contribution in [0.4, 0.5) is 0 Å². The highest BCUT2D eigenvalue weighted by Gasteiger charge is 1.98. The molecule has 1 N–H and O–H groups in total. The van der Waals surface area contributed by atoms with Gasteiger partial charge in [-0.1, -0.05) is 27.7 Å². The summed E-state index contributed by atoms with van der Waals surface area (Å²) in [6.45, 7) is 0. The van der Waals surface area contributed by atoms with Gasteiger partial charge in [-0.3, -0.25) is 9.51 Å². The van der Waals surface area contributed by atoms with Crippen LogP contribution in [0.2, 0.25) is 0 Å². The van der Waals surface area contributed by atoms with Crippen molar-refractivity contribution >= 4 is 22.6 Å². The minimum absolute atomic E-state index is 0.463. The van der Waals surface area contributed by atoms with Crippen molar-refractivity contribution in [2.45, 2.75) is 19.3 Å².